The monoisotopic (exact) mass is 629 g/mol. The molecule has 6 atom stereocenters. The summed E-state index contributed by atoms with van der Waals surface area (Å²) in [4.78, 5) is 58.0. The zero-order valence-electron chi connectivity index (χ0n) is 23.4. The van der Waals surface area contributed by atoms with Crippen molar-refractivity contribution in [3.05, 3.63) is 58.6 Å². The highest BCUT2D eigenvalue weighted by molar-refractivity contribution is 9.11. The summed E-state index contributed by atoms with van der Waals surface area (Å²) in [5.74, 6) is -3.67. The summed E-state index contributed by atoms with van der Waals surface area (Å²) in [6, 6.07) is 8.01. The maximum absolute atomic E-state index is 14.4. The molecule has 3 amide bonds. The molecule has 41 heavy (non-hydrogen) atoms. The van der Waals surface area contributed by atoms with Crippen LogP contribution in [-0.2, 0) is 28.7 Å². The maximum Gasteiger partial charge on any atom is 0.313 e. The van der Waals surface area contributed by atoms with Gasteiger partial charge in [0.05, 0.1) is 19.1 Å². The molecule has 0 radical (unpaired) electrons. The molecule has 2 N–H and O–H groups in total. The van der Waals surface area contributed by atoms with E-state index in [4.69, 9.17) is 9.47 Å². The fraction of sp³-hybridized carbons (Fsp3) is 0.533. The first-order valence-corrected chi connectivity index (χ1v) is 14.7. The number of aliphatic hydroxyl groups excluding tert-OH is 1. The highest BCUT2D eigenvalue weighted by atomic mass is 79.9. The summed E-state index contributed by atoms with van der Waals surface area (Å²) in [5, 5.41) is 12.8. The van der Waals surface area contributed by atoms with E-state index in [2.05, 4.69) is 21.2 Å². The van der Waals surface area contributed by atoms with E-state index in [1.54, 1.807) is 11.0 Å². The molecule has 1 aromatic rings. The number of β-amino-alcohol motifs (C(OH)–C–C–N with tert-alkyl or cyclic N) is 1. The van der Waals surface area contributed by atoms with Gasteiger partial charge in [0.15, 0.2) is 0 Å². The molecule has 0 unspecified atom stereocenters. The number of allylic oxidation sites excluding steroid dienone is 1. The lowest BCUT2D eigenvalue weighted by atomic mass is 9.74. The van der Waals surface area contributed by atoms with Crippen LogP contribution in [0.25, 0.3) is 0 Å². The van der Waals surface area contributed by atoms with Crippen LogP contribution in [0.1, 0.15) is 45.3 Å². The topological polar surface area (TPSA) is 125 Å². The van der Waals surface area contributed by atoms with Crippen LogP contribution >= 0.6 is 15.9 Å². The summed E-state index contributed by atoms with van der Waals surface area (Å²) in [5.41, 5.74) is -1.34. The molecular formula is C30H36BrN3O7. The van der Waals surface area contributed by atoms with Crippen molar-refractivity contribution in [3.63, 3.8) is 0 Å². The third kappa shape index (κ3) is 5.23. The van der Waals surface area contributed by atoms with Gasteiger partial charge in [0.25, 0.3) is 0 Å². The van der Waals surface area contributed by atoms with Crippen molar-refractivity contribution in [3.8, 4) is 0 Å². The minimum Gasteiger partial charge on any atom is -0.455 e. The first kappa shape index (κ1) is 29.5. The smallest absolute Gasteiger partial charge is 0.313 e. The van der Waals surface area contributed by atoms with Crippen LogP contribution in [-0.4, -0.2) is 88.1 Å². The number of carbonyl (C=O) groups excluding carboxylic acids is 4. The Morgan fingerprint density at radius 1 is 1.10 bits per heavy atom. The molecule has 5 rings (SSSR count). The van der Waals surface area contributed by atoms with E-state index in [0.29, 0.717) is 16.5 Å². The fourth-order valence-electron chi connectivity index (χ4n) is 6.38. The van der Waals surface area contributed by atoms with Crippen molar-refractivity contribution < 1.29 is 33.8 Å². The lowest BCUT2D eigenvalue weighted by molar-refractivity contribution is -0.160. The van der Waals surface area contributed by atoms with Crippen molar-refractivity contribution in [1.82, 2.24) is 15.1 Å². The number of esters is 1. The van der Waals surface area contributed by atoms with Gasteiger partial charge in [-0.05, 0) is 38.8 Å². The highest BCUT2D eigenvalue weighted by Gasteiger charge is 2.75. The molecule has 4 aliphatic heterocycles. The van der Waals surface area contributed by atoms with Crippen LogP contribution in [0.15, 0.2) is 53.0 Å². The number of hydrogen-bond acceptors (Lipinski definition) is 7. The lowest BCUT2D eigenvalue weighted by Crippen LogP contribution is -2.59. The van der Waals surface area contributed by atoms with Crippen molar-refractivity contribution in [2.75, 3.05) is 26.2 Å². The number of rotatable bonds is 3. The van der Waals surface area contributed by atoms with E-state index in [-0.39, 0.29) is 44.5 Å². The molecule has 11 heteroatoms. The van der Waals surface area contributed by atoms with Gasteiger partial charge in [0.1, 0.15) is 29.8 Å². The Morgan fingerprint density at radius 2 is 1.83 bits per heavy atom. The molecule has 0 saturated carbocycles. The van der Waals surface area contributed by atoms with E-state index in [1.165, 1.54) is 4.90 Å². The second-order valence-electron chi connectivity index (χ2n) is 11.9. The van der Waals surface area contributed by atoms with Gasteiger partial charge in [-0.15, -0.1) is 0 Å². The standard InChI is InChI=1S/C30H36BrN3O7/c1-29(2,3)34-13-9-5-8-12-21(36)32-17-20(18-10-6-4-7-11-18)40-28(39)22-23-26(37)33(14-15-35)25(27(34)38)30(23)16-19(31)24(22)41-30/h4-7,9-11,16,20,22-25,35H,8,12-15,17H2,1-3H3,(H,32,36)/b9-5-/t20-,22-,23+,24-,25-,30+/m0/s1. The van der Waals surface area contributed by atoms with Gasteiger partial charge in [-0.3, -0.25) is 19.2 Å². The Kier molecular flexibility index (Phi) is 8.15. The number of amides is 3. The van der Waals surface area contributed by atoms with E-state index >= 15 is 0 Å². The van der Waals surface area contributed by atoms with E-state index in [1.807, 2.05) is 63.3 Å². The van der Waals surface area contributed by atoms with Crippen LogP contribution in [0, 0.1) is 11.8 Å². The van der Waals surface area contributed by atoms with E-state index in [9.17, 15) is 24.3 Å². The number of cyclic esters (lactones) is 1. The molecule has 4 aliphatic rings. The van der Waals surface area contributed by atoms with E-state index in [0.717, 1.165) is 0 Å². The number of nitrogens with one attached hydrogen (secondary N) is 1. The lowest BCUT2D eigenvalue weighted by Gasteiger charge is -2.41. The largest absolute Gasteiger partial charge is 0.455 e. The quantitative estimate of drug-likeness (QED) is 0.388. The number of aliphatic hydroxyl groups is 1. The van der Waals surface area contributed by atoms with Gasteiger partial charge in [0, 0.05) is 29.5 Å². The predicted molar refractivity (Wildman–Crippen MR) is 152 cm³/mol. The second kappa shape index (κ2) is 11.3. The molecule has 0 aromatic heterocycles. The van der Waals surface area contributed by atoms with Crippen LogP contribution in [0.3, 0.4) is 0 Å². The van der Waals surface area contributed by atoms with Crippen molar-refractivity contribution >= 4 is 39.6 Å². The average Bonchev–Trinajstić information content (AvgIpc) is 3.51. The molecule has 5 bridgehead atoms. The maximum atomic E-state index is 14.4. The van der Waals surface area contributed by atoms with Gasteiger partial charge in [-0.2, -0.15) is 0 Å². The number of likely N-dealkylation sites (tertiary alicyclic amines) is 1. The highest BCUT2D eigenvalue weighted by Crippen LogP contribution is 2.59. The summed E-state index contributed by atoms with van der Waals surface area (Å²) in [7, 11) is 0. The molecule has 2 fully saturated rings. The second-order valence-corrected chi connectivity index (χ2v) is 12.8. The molecular weight excluding hydrogens is 594 g/mol. The Morgan fingerprint density at radius 3 is 2.51 bits per heavy atom. The Hall–Kier alpha value is -3.02. The van der Waals surface area contributed by atoms with Gasteiger partial charge in [0.2, 0.25) is 17.7 Å². The summed E-state index contributed by atoms with van der Waals surface area (Å²) < 4.78 is 13.0. The fourth-order valence-corrected chi connectivity index (χ4v) is 7.11. The Balaban J connectivity index is 1.60. The van der Waals surface area contributed by atoms with Gasteiger partial charge in [-0.1, -0.05) is 58.4 Å². The minimum atomic E-state index is -1.41. The summed E-state index contributed by atoms with van der Waals surface area (Å²) in [6.45, 7) is 5.58. The number of halogens is 1. The molecule has 0 aliphatic carbocycles. The van der Waals surface area contributed by atoms with Gasteiger partial charge < -0.3 is 29.7 Å². The molecule has 2 saturated heterocycles. The van der Waals surface area contributed by atoms with Gasteiger partial charge >= 0.3 is 5.97 Å². The normalized spacial score (nSPS) is 33.4. The molecule has 4 heterocycles. The first-order chi connectivity index (χ1) is 19.5. The number of fused-ring (bicyclic) bond motifs is 2. The van der Waals surface area contributed by atoms with Crippen LogP contribution in [0.2, 0.25) is 0 Å². The van der Waals surface area contributed by atoms with Crippen LogP contribution < -0.4 is 5.32 Å². The van der Waals surface area contributed by atoms with Crippen LogP contribution in [0.5, 0.6) is 0 Å². The first-order valence-electron chi connectivity index (χ1n) is 14.0. The number of hydrogen-bond donors (Lipinski definition) is 2. The third-order valence-electron chi connectivity index (χ3n) is 8.26. The Labute approximate surface area is 247 Å². The van der Waals surface area contributed by atoms with Crippen molar-refractivity contribution in [1.29, 1.82) is 0 Å². The number of nitrogens with zero attached hydrogens (tertiary/aromatic N) is 2. The minimum absolute atomic E-state index is 0.0624. The van der Waals surface area contributed by atoms with Gasteiger partial charge in [-0.25, -0.2) is 0 Å². The summed E-state index contributed by atoms with van der Waals surface area (Å²) in [6.07, 6.45) is 4.53. The molecule has 220 valence electrons. The average molecular weight is 631 g/mol. The zero-order valence-corrected chi connectivity index (χ0v) is 25.0. The third-order valence-corrected chi connectivity index (χ3v) is 8.94. The Bertz CT molecular complexity index is 1280. The number of benzene rings is 1. The predicted octanol–water partition coefficient (Wildman–Crippen LogP) is 2.23. The van der Waals surface area contributed by atoms with Crippen molar-refractivity contribution in [2.24, 2.45) is 11.8 Å². The number of ether oxygens (including phenoxy) is 2. The summed E-state index contributed by atoms with van der Waals surface area (Å²) >= 11 is 3.53. The van der Waals surface area contributed by atoms with Crippen molar-refractivity contribution in [2.45, 2.75) is 63.0 Å². The molecule has 1 spiro atoms. The number of carbonyl (C=O) groups is 4. The zero-order chi connectivity index (χ0) is 29.5. The molecule has 10 nitrogen and oxygen atoms in total. The molecule has 1 aromatic carbocycles. The SMILES string of the molecule is CC(C)(C)N1C/C=C\CCC(=O)NC[C@@H](c2ccccc2)OC(=O)[C@@H]2[C@H]3O[C@@]4(C=C3Br)[C@H](C1=O)N(CCO)C(=O)[C@@H]24. The van der Waals surface area contributed by atoms with Crippen LogP contribution in [0.4, 0.5) is 0 Å². The van der Waals surface area contributed by atoms with E-state index < -0.39 is 53.1 Å².